The molecule has 20 atom stereocenters. The summed E-state index contributed by atoms with van der Waals surface area (Å²) in [4.78, 5) is 80.9. The molecule has 33 heteroatoms. The third kappa shape index (κ3) is 17.8. The number of aliphatic hydroxyl groups is 13. The molecule has 5 amide bonds. The minimum atomic E-state index is -1.99. The molecule has 5 saturated heterocycles. The summed E-state index contributed by atoms with van der Waals surface area (Å²) in [6, 6.07) is 0. The quantitative estimate of drug-likeness (QED) is 0.0255. The van der Waals surface area contributed by atoms with Crippen molar-refractivity contribution in [3.63, 3.8) is 0 Å². The largest absolute Gasteiger partial charge is 0.394 e. The number of hydroxylamine groups is 2. The van der Waals surface area contributed by atoms with Crippen LogP contribution in [0.1, 0.15) is 45.4 Å². The lowest BCUT2D eigenvalue weighted by molar-refractivity contribution is -0.366. The van der Waals surface area contributed by atoms with Crippen LogP contribution < -0.4 is 16.0 Å². The number of rotatable bonds is 28. The number of imide groups is 1. The summed E-state index contributed by atoms with van der Waals surface area (Å²) in [7, 11) is 0. The van der Waals surface area contributed by atoms with Crippen LogP contribution in [0.5, 0.6) is 0 Å². The molecule has 442 valence electrons. The molecule has 5 aliphatic heterocycles. The van der Waals surface area contributed by atoms with Gasteiger partial charge >= 0.3 is 5.97 Å². The maximum atomic E-state index is 13.3. The van der Waals surface area contributed by atoms with Crippen molar-refractivity contribution in [3.05, 3.63) is 0 Å². The van der Waals surface area contributed by atoms with E-state index in [9.17, 15) is 95.2 Å². The lowest BCUT2D eigenvalue weighted by atomic mass is 9.96. The van der Waals surface area contributed by atoms with Gasteiger partial charge in [-0.2, -0.15) is 0 Å². The highest BCUT2D eigenvalue weighted by Crippen LogP contribution is 2.31. The van der Waals surface area contributed by atoms with Crippen molar-refractivity contribution < 1.29 is 138 Å². The van der Waals surface area contributed by atoms with Crippen LogP contribution in [0, 0.1) is 0 Å². The minimum absolute atomic E-state index is 0.0547. The van der Waals surface area contributed by atoms with Gasteiger partial charge in [0.2, 0.25) is 17.7 Å². The average Bonchev–Trinajstić information content (AvgIpc) is 3.72. The van der Waals surface area contributed by atoms with Gasteiger partial charge in [0.25, 0.3) is 11.8 Å². The van der Waals surface area contributed by atoms with E-state index >= 15 is 0 Å². The lowest BCUT2D eigenvalue weighted by Gasteiger charge is -2.46. The topological polar surface area (TPSA) is 491 Å². The van der Waals surface area contributed by atoms with E-state index in [4.69, 9.17) is 42.7 Å². The molecule has 0 unspecified atom stereocenters. The number of hydrogen-bond donors (Lipinski definition) is 16. The Balaban J connectivity index is 1.15. The summed E-state index contributed by atoms with van der Waals surface area (Å²) >= 11 is 0. The molecule has 5 fully saturated rings. The number of amides is 5. The van der Waals surface area contributed by atoms with Gasteiger partial charge < -0.3 is 125 Å². The first kappa shape index (κ1) is 64.0. The Hall–Kier alpha value is -3.86. The summed E-state index contributed by atoms with van der Waals surface area (Å²) in [5.41, 5.74) is 0. The first-order valence-corrected chi connectivity index (χ1v) is 25.0. The highest BCUT2D eigenvalue weighted by molar-refractivity contribution is 6.01. The smallest absolute Gasteiger partial charge is 0.333 e. The Kier molecular flexibility index (Phi) is 25.5. The first-order chi connectivity index (χ1) is 36.6. The van der Waals surface area contributed by atoms with Gasteiger partial charge in [0.15, 0.2) is 25.2 Å². The normalized spacial score (nSPS) is 36.7. The van der Waals surface area contributed by atoms with Crippen LogP contribution in [-0.2, 0) is 71.5 Å². The van der Waals surface area contributed by atoms with Gasteiger partial charge in [-0.05, 0) is 19.8 Å². The molecule has 0 aromatic carbocycles. The summed E-state index contributed by atoms with van der Waals surface area (Å²) < 4.78 is 44.2. The van der Waals surface area contributed by atoms with Crippen molar-refractivity contribution in [2.45, 2.75) is 168 Å². The highest BCUT2D eigenvalue weighted by Gasteiger charge is 2.52. The van der Waals surface area contributed by atoms with Crippen LogP contribution in [-0.4, -0.2) is 307 Å². The van der Waals surface area contributed by atoms with E-state index in [0.717, 1.165) is 0 Å². The van der Waals surface area contributed by atoms with Gasteiger partial charge in [0.1, 0.15) is 91.6 Å². The summed E-state index contributed by atoms with van der Waals surface area (Å²) in [5, 5.41) is 142. The third-order valence-corrected chi connectivity index (χ3v) is 13.0. The van der Waals surface area contributed by atoms with Gasteiger partial charge in [-0.15, -0.1) is 5.06 Å². The predicted molar refractivity (Wildman–Crippen MR) is 244 cm³/mol. The summed E-state index contributed by atoms with van der Waals surface area (Å²) in [5.74, 6) is -4.07. The molecule has 33 nitrogen and oxygen atoms in total. The number of ether oxygens (including phenoxy) is 8. The monoisotopic (exact) mass is 1120 g/mol. The molecule has 0 radical (unpaired) electrons. The van der Waals surface area contributed by atoms with Gasteiger partial charge in [0.05, 0.1) is 58.8 Å². The summed E-state index contributed by atoms with van der Waals surface area (Å²) in [6.45, 7) is -3.61. The second-order valence-corrected chi connectivity index (χ2v) is 18.8. The van der Waals surface area contributed by atoms with Gasteiger partial charge in [-0.1, -0.05) is 6.42 Å². The van der Waals surface area contributed by atoms with E-state index in [-0.39, 0.29) is 45.5 Å². The van der Waals surface area contributed by atoms with Crippen molar-refractivity contribution in [2.75, 3.05) is 72.3 Å². The molecule has 0 aromatic heterocycles. The third-order valence-electron chi connectivity index (χ3n) is 13.0. The second kappa shape index (κ2) is 30.7. The molecule has 16 N–H and O–H groups in total. The van der Waals surface area contributed by atoms with E-state index in [1.54, 1.807) is 0 Å². The van der Waals surface area contributed by atoms with Gasteiger partial charge in [-0.25, -0.2) is 4.79 Å². The molecule has 77 heavy (non-hydrogen) atoms. The molecule has 5 aliphatic rings. The van der Waals surface area contributed by atoms with Crippen molar-refractivity contribution in [1.29, 1.82) is 0 Å². The number of aliphatic hydroxyl groups excluding tert-OH is 13. The predicted octanol–water partition coefficient (Wildman–Crippen LogP) is -10.9. The Labute approximate surface area is 439 Å². The molecule has 0 aromatic rings. The maximum Gasteiger partial charge on any atom is 0.333 e. The zero-order chi connectivity index (χ0) is 56.7. The lowest BCUT2D eigenvalue weighted by Crippen LogP contribution is -2.65. The zero-order valence-electron chi connectivity index (χ0n) is 41.9. The highest BCUT2D eigenvalue weighted by atomic mass is 16.8. The molecule has 5 rings (SSSR count). The van der Waals surface area contributed by atoms with Crippen LogP contribution in [0.3, 0.4) is 0 Å². The maximum absolute atomic E-state index is 13.3. The fourth-order valence-corrected chi connectivity index (χ4v) is 8.50. The van der Waals surface area contributed by atoms with Crippen LogP contribution in [0.4, 0.5) is 0 Å². The molecule has 0 spiro atoms. The zero-order valence-corrected chi connectivity index (χ0v) is 41.9. The fraction of sp³-hybridized carbons (Fsp3) is 0.864. The fourth-order valence-electron chi connectivity index (χ4n) is 8.50. The van der Waals surface area contributed by atoms with Crippen LogP contribution in [0.2, 0.25) is 0 Å². The Morgan fingerprint density at radius 3 is 1.52 bits per heavy atom. The standard InChI is InChI=1S/C44H73N5O28/c1-19-29(58)33(62)36(65)41(72-19)69-11-9-46-24(53)14-48(13-23(52)45-8-4-2-3-5-28(57)77-49-26(55)6-7-27(49)56)15-25(54)47-10-12-70-43-39(68)40(76-44-38(67)35(64)31(60)21(17-51)74-44)32(61)22(75-43)18-71-42-37(66)34(63)30(59)20(16-50)73-42/h19-22,29-44,50-51,58-68H,2-18H2,1H3,(H,45,52)(H,46,53)(H,47,54)/t19-,20+,21+,22+,29+,30+,31+,32+,33+,34-,35-,36-,37-,38-,39-,40-,41+,42-,43+,44+/m0/s1. The number of nitrogens with one attached hydrogen (secondary N) is 3. The van der Waals surface area contributed by atoms with Gasteiger partial charge in [0, 0.05) is 38.9 Å². The second-order valence-electron chi connectivity index (χ2n) is 18.8. The Morgan fingerprint density at radius 2 is 0.987 bits per heavy atom. The first-order valence-electron chi connectivity index (χ1n) is 25.0. The molecule has 0 saturated carbocycles. The Bertz CT molecular complexity index is 1890. The SMILES string of the molecule is C[C@@H]1O[C@@H](OCCNC(=O)CN(CC(=O)NCCCCCC(=O)ON2C(=O)CCC2=O)CC(=O)NCCO[C@@H]2O[C@H](CO[C@H]3O[C@H](CO)[C@@H](O)[C@H](O)[C@@H]3O)[C@@H](O)[C@H](O[C@H]3O[C@H](CO)[C@@H](O)[C@H](O)[C@@H]3O)[C@@H]2O)[C@@H](O)[C@H](O)[C@@H]1O. The van der Waals surface area contributed by atoms with E-state index in [1.807, 2.05) is 0 Å². The molecule has 5 heterocycles. The molecular weight excluding hydrogens is 1050 g/mol. The Morgan fingerprint density at radius 1 is 0.532 bits per heavy atom. The van der Waals surface area contributed by atoms with Gasteiger partial charge in [-0.3, -0.25) is 28.9 Å². The molecule has 0 bridgehead atoms. The van der Waals surface area contributed by atoms with E-state index in [1.165, 1.54) is 11.8 Å². The van der Waals surface area contributed by atoms with Crippen LogP contribution >= 0.6 is 0 Å². The molecule has 0 aliphatic carbocycles. The van der Waals surface area contributed by atoms with E-state index in [2.05, 4.69) is 16.0 Å². The number of carbonyl (C=O) groups excluding carboxylic acids is 6. The van der Waals surface area contributed by atoms with Crippen LogP contribution in [0.15, 0.2) is 0 Å². The van der Waals surface area contributed by atoms with E-state index in [0.29, 0.717) is 24.3 Å². The van der Waals surface area contributed by atoms with Crippen molar-refractivity contribution in [1.82, 2.24) is 25.9 Å². The number of nitrogens with zero attached hydrogens (tertiary/aromatic N) is 2. The number of unbranched alkanes of at least 4 members (excludes halogenated alkanes) is 2. The summed E-state index contributed by atoms with van der Waals surface area (Å²) in [6.07, 6.45) is -32.6. The average molecular weight is 1120 g/mol. The minimum Gasteiger partial charge on any atom is -0.394 e. The number of hydrogen-bond acceptors (Lipinski definition) is 29. The van der Waals surface area contributed by atoms with E-state index < -0.39 is 204 Å². The van der Waals surface area contributed by atoms with Crippen molar-refractivity contribution >= 4 is 35.5 Å². The van der Waals surface area contributed by atoms with Crippen LogP contribution in [0.25, 0.3) is 0 Å². The van der Waals surface area contributed by atoms with Crippen molar-refractivity contribution in [3.8, 4) is 0 Å². The number of carbonyl (C=O) groups is 6. The molecular formula is C44H73N5O28. The van der Waals surface area contributed by atoms with Crippen molar-refractivity contribution in [2.24, 2.45) is 0 Å².